The molecule has 0 radical (unpaired) electrons. The maximum Gasteiger partial charge on any atom is 0.251 e. The molecule has 2 rings (SSSR count). The zero-order chi connectivity index (χ0) is 18.9. The highest BCUT2D eigenvalue weighted by molar-refractivity contribution is 14.0. The lowest BCUT2D eigenvalue weighted by Gasteiger charge is -2.11. The summed E-state index contributed by atoms with van der Waals surface area (Å²) in [6, 6.07) is 6.80. The van der Waals surface area contributed by atoms with Crippen LogP contribution in [0.2, 0.25) is 5.02 Å². The van der Waals surface area contributed by atoms with E-state index in [9.17, 15) is 4.79 Å². The summed E-state index contributed by atoms with van der Waals surface area (Å²) in [5, 5.41) is 13.0. The molecular weight excluding hydrogens is 497 g/mol. The molecular formula is C18H25ClIN5OS. The number of aromatic nitrogens is 1. The molecule has 0 atom stereocenters. The third kappa shape index (κ3) is 8.02. The van der Waals surface area contributed by atoms with Gasteiger partial charge in [-0.1, -0.05) is 25.4 Å². The molecule has 148 valence electrons. The number of rotatable bonds is 7. The van der Waals surface area contributed by atoms with E-state index in [1.807, 2.05) is 0 Å². The van der Waals surface area contributed by atoms with Crippen molar-refractivity contribution in [2.24, 2.45) is 4.99 Å². The largest absolute Gasteiger partial charge is 0.355 e. The smallest absolute Gasteiger partial charge is 0.251 e. The molecule has 3 N–H and O–H groups in total. The third-order valence-corrected chi connectivity index (χ3v) is 4.72. The van der Waals surface area contributed by atoms with Crippen LogP contribution in [0.25, 0.3) is 0 Å². The molecule has 0 aliphatic rings. The minimum atomic E-state index is -0.129. The topological polar surface area (TPSA) is 78.4 Å². The number of halogens is 2. The van der Waals surface area contributed by atoms with Crippen LogP contribution in [-0.2, 0) is 6.54 Å². The van der Waals surface area contributed by atoms with Crippen LogP contribution in [0.4, 0.5) is 0 Å². The Morgan fingerprint density at radius 2 is 1.85 bits per heavy atom. The Kier molecular flexibility index (Phi) is 10.6. The van der Waals surface area contributed by atoms with Crippen LogP contribution in [0.15, 0.2) is 34.6 Å². The lowest BCUT2D eigenvalue weighted by molar-refractivity contribution is 0.0954. The van der Waals surface area contributed by atoms with Crippen molar-refractivity contribution in [2.45, 2.75) is 26.3 Å². The molecule has 1 aromatic heterocycles. The molecule has 0 aliphatic heterocycles. The van der Waals surface area contributed by atoms with Crippen molar-refractivity contribution in [3.8, 4) is 0 Å². The maximum absolute atomic E-state index is 12.0. The maximum atomic E-state index is 12.0. The number of amides is 1. The van der Waals surface area contributed by atoms with Crippen LogP contribution in [0.3, 0.4) is 0 Å². The van der Waals surface area contributed by atoms with Crippen molar-refractivity contribution in [2.75, 3.05) is 20.1 Å². The van der Waals surface area contributed by atoms with E-state index < -0.39 is 0 Å². The first-order valence-electron chi connectivity index (χ1n) is 8.42. The summed E-state index contributed by atoms with van der Waals surface area (Å²) in [6.07, 6.45) is 0. The summed E-state index contributed by atoms with van der Waals surface area (Å²) in [5.74, 6) is 0.976. The Morgan fingerprint density at radius 1 is 1.19 bits per heavy atom. The van der Waals surface area contributed by atoms with E-state index in [1.165, 1.54) is 0 Å². The van der Waals surface area contributed by atoms with Crippen LogP contribution in [0, 0.1) is 0 Å². The molecule has 0 unspecified atom stereocenters. The van der Waals surface area contributed by atoms with Crippen molar-refractivity contribution in [1.29, 1.82) is 0 Å². The average molecular weight is 522 g/mol. The fourth-order valence-corrected chi connectivity index (χ4v) is 3.13. The van der Waals surface area contributed by atoms with Crippen LogP contribution in [0.5, 0.6) is 0 Å². The minimum Gasteiger partial charge on any atom is -0.355 e. The van der Waals surface area contributed by atoms with Gasteiger partial charge in [-0.2, -0.15) is 0 Å². The standard InChI is InChI=1S/C18H24ClN5OS.HI/c1-12(2)15-11-26-16(24-15)10-23-18(20-3)22-9-8-21-17(25)13-4-6-14(19)7-5-13;/h4-7,11-12H,8-10H2,1-3H3,(H,21,25)(H2,20,22,23);1H. The van der Waals surface area contributed by atoms with Crippen LogP contribution < -0.4 is 16.0 Å². The summed E-state index contributed by atoms with van der Waals surface area (Å²) in [4.78, 5) is 20.8. The first-order valence-corrected chi connectivity index (χ1v) is 9.68. The zero-order valence-corrected chi connectivity index (χ0v) is 19.5. The molecule has 1 aromatic carbocycles. The zero-order valence-electron chi connectivity index (χ0n) is 15.6. The number of thiazole rings is 1. The van der Waals surface area contributed by atoms with Gasteiger partial charge in [-0.3, -0.25) is 9.79 Å². The van der Waals surface area contributed by atoms with Gasteiger partial charge in [0.15, 0.2) is 5.96 Å². The SMILES string of the molecule is CN=C(NCCNC(=O)c1ccc(Cl)cc1)NCc1nc(C(C)C)cs1.I. The number of aliphatic imine (C=N–C) groups is 1. The van der Waals surface area contributed by atoms with Crippen molar-refractivity contribution in [1.82, 2.24) is 20.9 Å². The lowest BCUT2D eigenvalue weighted by Crippen LogP contribution is -2.41. The van der Waals surface area contributed by atoms with Crippen molar-refractivity contribution in [3.63, 3.8) is 0 Å². The number of carbonyl (C=O) groups is 1. The number of hydrogen-bond acceptors (Lipinski definition) is 4. The second-order valence-electron chi connectivity index (χ2n) is 5.94. The van der Waals surface area contributed by atoms with Crippen molar-refractivity contribution < 1.29 is 4.79 Å². The van der Waals surface area contributed by atoms with Crippen LogP contribution in [-0.4, -0.2) is 37.0 Å². The van der Waals surface area contributed by atoms with Crippen molar-refractivity contribution >= 4 is 58.8 Å². The molecule has 0 saturated carbocycles. The molecule has 27 heavy (non-hydrogen) atoms. The number of benzene rings is 1. The molecule has 0 saturated heterocycles. The van der Waals surface area contributed by atoms with Gasteiger partial charge in [-0.25, -0.2) is 4.98 Å². The van der Waals surface area contributed by atoms with E-state index in [0.29, 0.717) is 42.1 Å². The van der Waals surface area contributed by atoms with Gasteiger partial charge in [0.2, 0.25) is 0 Å². The third-order valence-electron chi connectivity index (χ3n) is 3.60. The predicted molar refractivity (Wildman–Crippen MR) is 124 cm³/mol. The molecule has 1 amide bonds. The average Bonchev–Trinajstić information content (AvgIpc) is 3.11. The highest BCUT2D eigenvalue weighted by Crippen LogP contribution is 2.17. The number of guanidine groups is 1. The molecule has 9 heteroatoms. The van der Waals surface area contributed by atoms with Gasteiger partial charge in [0.25, 0.3) is 5.91 Å². The van der Waals surface area contributed by atoms with Gasteiger partial charge in [-0.15, -0.1) is 35.3 Å². The Balaban J connectivity index is 0.00000364. The number of hydrogen-bond donors (Lipinski definition) is 3. The van der Waals surface area contributed by atoms with E-state index in [2.05, 4.69) is 45.2 Å². The van der Waals surface area contributed by atoms with Gasteiger partial charge in [0.1, 0.15) is 5.01 Å². The summed E-state index contributed by atoms with van der Waals surface area (Å²) < 4.78 is 0. The van der Waals surface area contributed by atoms with Gasteiger partial charge >= 0.3 is 0 Å². The Labute approximate surface area is 186 Å². The second-order valence-corrected chi connectivity index (χ2v) is 7.32. The van der Waals surface area contributed by atoms with E-state index in [4.69, 9.17) is 11.6 Å². The van der Waals surface area contributed by atoms with Gasteiger partial charge in [0, 0.05) is 36.1 Å². The van der Waals surface area contributed by atoms with E-state index in [0.717, 1.165) is 10.7 Å². The molecule has 6 nitrogen and oxygen atoms in total. The van der Waals surface area contributed by atoms with Gasteiger partial charge < -0.3 is 16.0 Å². The second kappa shape index (κ2) is 12.1. The van der Waals surface area contributed by atoms with E-state index >= 15 is 0 Å². The van der Waals surface area contributed by atoms with E-state index in [1.54, 1.807) is 42.6 Å². The molecule has 0 fully saturated rings. The summed E-state index contributed by atoms with van der Waals surface area (Å²) in [7, 11) is 1.71. The quantitative estimate of drug-likeness (QED) is 0.225. The van der Waals surface area contributed by atoms with Crippen LogP contribution in [0.1, 0.15) is 40.8 Å². The molecule has 2 aromatic rings. The van der Waals surface area contributed by atoms with E-state index in [-0.39, 0.29) is 29.9 Å². The fourth-order valence-electron chi connectivity index (χ4n) is 2.11. The highest BCUT2D eigenvalue weighted by atomic mass is 127. The number of nitrogens with zero attached hydrogens (tertiary/aromatic N) is 2. The van der Waals surface area contributed by atoms with Gasteiger partial charge in [0.05, 0.1) is 12.2 Å². The van der Waals surface area contributed by atoms with Crippen molar-refractivity contribution in [3.05, 3.63) is 50.9 Å². The first-order chi connectivity index (χ1) is 12.5. The monoisotopic (exact) mass is 521 g/mol. The minimum absolute atomic E-state index is 0. The molecule has 0 spiro atoms. The molecule has 1 heterocycles. The first kappa shape index (κ1) is 23.6. The Bertz CT molecular complexity index is 748. The summed E-state index contributed by atoms with van der Waals surface area (Å²) in [6.45, 7) is 5.93. The fraction of sp³-hybridized carbons (Fsp3) is 0.389. The normalized spacial score (nSPS) is 11.1. The summed E-state index contributed by atoms with van der Waals surface area (Å²) in [5.41, 5.74) is 1.70. The Morgan fingerprint density at radius 3 is 2.44 bits per heavy atom. The van der Waals surface area contributed by atoms with Gasteiger partial charge in [-0.05, 0) is 30.2 Å². The molecule has 0 bridgehead atoms. The Hall–Kier alpha value is -1.39. The summed E-state index contributed by atoms with van der Waals surface area (Å²) >= 11 is 7.46. The number of carbonyl (C=O) groups excluding carboxylic acids is 1. The lowest BCUT2D eigenvalue weighted by atomic mass is 10.2. The highest BCUT2D eigenvalue weighted by Gasteiger charge is 2.07. The molecule has 0 aliphatic carbocycles. The van der Waals surface area contributed by atoms with Crippen LogP contribution >= 0.6 is 46.9 Å². The number of nitrogens with one attached hydrogen (secondary N) is 3. The predicted octanol–water partition coefficient (Wildman–Crippen LogP) is 3.63.